The maximum Gasteiger partial charge on any atom is 0.0620 e. The fourth-order valence-electron chi connectivity index (χ4n) is 25.2. The van der Waals surface area contributed by atoms with E-state index in [4.69, 9.17) is 0 Å². The third-order valence-corrected chi connectivity index (χ3v) is 32.3. The molecular weight excluding hydrogens is 1760 g/mol. The molecule has 0 radical (unpaired) electrons. The highest BCUT2D eigenvalue weighted by Gasteiger charge is 2.36. The Bertz CT molecular complexity index is 10900. The number of fused-ring (bicyclic) bond motifs is 31. The van der Waals surface area contributed by atoms with Crippen molar-refractivity contribution in [1.29, 1.82) is 0 Å². The van der Waals surface area contributed by atoms with E-state index < -0.39 is 0 Å². The van der Waals surface area contributed by atoms with Gasteiger partial charge in [-0.05, 0) is 282 Å². The Morgan fingerprint density at radius 3 is 0.726 bits per heavy atom. The molecule has 0 bridgehead atoms. The van der Waals surface area contributed by atoms with Crippen molar-refractivity contribution < 1.29 is 0 Å². The van der Waals surface area contributed by atoms with E-state index in [0.29, 0.717) is 5.92 Å². The molecule has 0 amide bonds. The van der Waals surface area contributed by atoms with Gasteiger partial charge in [0.05, 0.1) is 66.2 Å². The van der Waals surface area contributed by atoms with E-state index in [1.54, 1.807) is 0 Å². The van der Waals surface area contributed by atoms with Crippen LogP contribution >= 0.6 is 0 Å². The van der Waals surface area contributed by atoms with Crippen LogP contribution in [0.4, 0.5) is 0 Å². The molecule has 0 atom stereocenters. The van der Waals surface area contributed by atoms with Gasteiger partial charge in [0.15, 0.2) is 0 Å². The molecule has 24 aromatic carbocycles. The summed E-state index contributed by atoms with van der Waals surface area (Å²) in [5.41, 5.74) is 40.0. The van der Waals surface area contributed by atoms with Gasteiger partial charge in [-0.1, -0.05) is 392 Å². The third kappa shape index (κ3) is 12.8. The maximum atomic E-state index is 2.48. The Labute approximate surface area is 843 Å². The number of benzene rings is 24. The molecule has 0 saturated carbocycles. The summed E-state index contributed by atoms with van der Waals surface area (Å²) in [4.78, 5) is 0. The van der Waals surface area contributed by atoms with Gasteiger partial charge in [0.25, 0.3) is 0 Å². The van der Waals surface area contributed by atoms with Crippen LogP contribution in [0.5, 0.6) is 0 Å². The molecule has 0 unspecified atom stereocenters. The van der Waals surface area contributed by atoms with Crippen LogP contribution in [0.1, 0.15) is 50.3 Å². The van der Waals surface area contributed by atoms with Gasteiger partial charge < -0.3 is 17.6 Å². The largest absolute Gasteiger partial charge is 0.308 e. The SMILES string of the molecule is CC(C)c1ccc(-c2ccc3c(c2)c2cccc4c5cc6ccccc6cc5n3c24)cc1.CC1(C)c2ccccc2-c2ccc(-c3ccc4c(c3)c3cccc5c6cc7ccccc7cc6n4c35)cc21.c1ccc(-c2cc(-c3ccccc3)cc(-c3ccc4c(c3)c3cccc5c6cc7ccccc7cc6n4c35)c2)cc1.c1ccc(-c2cccc(-c3ccc4c(c3)c3cccc5c6cc7ccccc7cc6n4c35)c2)cc1. The van der Waals surface area contributed by atoms with Gasteiger partial charge in [0, 0.05) is 91.6 Å². The van der Waals surface area contributed by atoms with E-state index in [9.17, 15) is 0 Å². The highest BCUT2D eigenvalue weighted by Crippen LogP contribution is 2.53. The lowest BCUT2D eigenvalue weighted by atomic mass is 9.81. The van der Waals surface area contributed by atoms with Gasteiger partial charge in [-0.3, -0.25) is 0 Å². The van der Waals surface area contributed by atoms with Crippen LogP contribution in [-0.2, 0) is 5.41 Å². The fourth-order valence-corrected chi connectivity index (χ4v) is 25.2. The second-order valence-electron chi connectivity index (χ2n) is 41.1. The Morgan fingerprint density at radius 2 is 0.377 bits per heavy atom. The van der Waals surface area contributed by atoms with Gasteiger partial charge in [-0.2, -0.15) is 0 Å². The van der Waals surface area contributed by atoms with Crippen LogP contribution in [0.3, 0.4) is 0 Å². The van der Waals surface area contributed by atoms with E-state index in [2.05, 4.69) is 537 Å². The molecule has 0 aliphatic heterocycles. The molecule has 8 aromatic heterocycles. The summed E-state index contributed by atoms with van der Waals surface area (Å²) in [6.45, 7) is 9.19. The maximum absolute atomic E-state index is 2.48. The summed E-state index contributed by atoms with van der Waals surface area (Å²) >= 11 is 0. The van der Waals surface area contributed by atoms with Crippen molar-refractivity contribution in [1.82, 2.24) is 17.6 Å². The normalized spacial score (nSPS) is 12.6. The lowest BCUT2D eigenvalue weighted by molar-refractivity contribution is 0.660. The first-order valence-corrected chi connectivity index (χ1v) is 51.2. The van der Waals surface area contributed by atoms with Gasteiger partial charge in [0.1, 0.15) is 0 Å². The topological polar surface area (TPSA) is 17.6 Å². The molecule has 4 heteroatoms. The molecule has 1 aliphatic rings. The Balaban J connectivity index is 0.0000000906. The third-order valence-electron chi connectivity index (χ3n) is 32.3. The van der Waals surface area contributed by atoms with Crippen molar-refractivity contribution in [3.63, 3.8) is 0 Å². The summed E-state index contributed by atoms with van der Waals surface area (Å²) in [5, 5.41) is 31.4. The lowest BCUT2D eigenvalue weighted by Gasteiger charge is -2.22. The Kier molecular flexibility index (Phi) is 18.4. The second-order valence-corrected chi connectivity index (χ2v) is 41.1. The second kappa shape index (κ2) is 32.3. The number of hydrogen-bond donors (Lipinski definition) is 0. The van der Waals surface area contributed by atoms with Gasteiger partial charge in [-0.25, -0.2) is 0 Å². The fraction of sp³-hybridized carbons (Fsp3) is 0.0423. The van der Waals surface area contributed by atoms with Gasteiger partial charge in [-0.15, -0.1) is 0 Å². The summed E-state index contributed by atoms with van der Waals surface area (Å²) in [5.74, 6) is 0.553. The first kappa shape index (κ1) is 83.3. The van der Waals surface area contributed by atoms with E-state index in [0.717, 1.165) is 0 Å². The Morgan fingerprint density at radius 1 is 0.151 bits per heavy atom. The smallest absolute Gasteiger partial charge is 0.0620 e. The summed E-state index contributed by atoms with van der Waals surface area (Å²) in [6.07, 6.45) is 0. The number of rotatable bonds is 8. The molecule has 4 nitrogen and oxygen atoms in total. The monoisotopic (exact) mass is 1850 g/mol. The van der Waals surface area contributed by atoms with Crippen LogP contribution in [0.15, 0.2) is 491 Å². The van der Waals surface area contributed by atoms with Crippen LogP contribution < -0.4 is 0 Å². The van der Waals surface area contributed by atoms with Crippen LogP contribution in [-0.4, -0.2) is 17.6 Å². The van der Waals surface area contributed by atoms with Crippen LogP contribution in [0, 0.1) is 0 Å². The minimum Gasteiger partial charge on any atom is -0.308 e. The molecule has 0 fully saturated rings. The van der Waals surface area contributed by atoms with Gasteiger partial charge >= 0.3 is 0 Å². The standard InChI is InChI=1S/C40H25N.C37H25N.C34H21N.C31H23N/c1-3-10-26(11-4-1)31-20-32(27-12-5-2-6-13-27)22-33(21-31)30-18-19-38-36(24-30)34-16-9-17-35-37-23-28-14-7-8-15-29(28)25-39(37)41(38)40(34)35;1-37(2)32-13-6-5-10-26(32)27-16-14-25(20-33(27)37)24-15-17-34-30(19-24)28-11-7-12-29-31-18-22-8-3-4-9-23(22)21-35(31)38(34)36(28)29;1-2-8-22(9-3-1)23-12-6-13-24(18-23)27-16-17-32-30(20-27)28-14-7-15-29-31-19-25-10-4-5-11-26(25)21-33(31)35(32)34(28)29;1-19(2)20-10-12-21(13-11-20)24-14-15-29-27(17-24)25-8-5-9-26-28-16-22-6-3-4-7-23(22)18-30(28)32(29)31(25)26/h1-25H;3-21H,1-2H3;1-21H;3-19H,1-2H3. The number of nitrogens with zero attached hydrogens (tertiary/aromatic N) is 4. The molecule has 0 spiro atoms. The zero-order chi connectivity index (χ0) is 96.4. The van der Waals surface area contributed by atoms with Crippen LogP contribution in [0.2, 0.25) is 0 Å². The van der Waals surface area contributed by atoms with E-state index in [1.807, 2.05) is 0 Å². The van der Waals surface area contributed by atoms with E-state index >= 15 is 0 Å². The summed E-state index contributed by atoms with van der Waals surface area (Å²) in [7, 11) is 0. The highest BCUT2D eigenvalue weighted by molar-refractivity contribution is 6.30. The molecule has 146 heavy (non-hydrogen) atoms. The van der Waals surface area contributed by atoms with Crippen molar-refractivity contribution in [3.05, 3.63) is 508 Å². The van der Waals surface area contributed by atoms with Crippen molar-refractivity contribution in [3.8, 4) is 89.0 Å². The number of aromatic nitrogens is 4. The first-order chi connectivity index (χ1) is 71.9. The zero-order valence-electron chi connectivity index (χ0n) is 81.1. The molecule has 1 aliphatic carbocycles. The Hall–Kier alpha value is -18.5. The number of hydrogen-bond acceptors (Lipinski definition) is 0. The van der Waals surface area contributed by atoms with Crippen molar-refractivity contribution in [2.24, 2.45) is 0 Å². The predicted octanol–water partition coefficient (Wildman–Crippen LogP) is 39.1. The van der Waals surface area contributed by atoms with E-state index in [-0.39, 0.29) is 5.41 Å². The first-order valence-electron chi connectivity index (χ1n) is 51.2. The molecule has 0 saturated heterocycles. The quantitative estimate of drug-likeness (QED) is 0.144. The van der Waals surface area contributed by atoms with Crippen molar-refractivity contribution >= 4 is 195 Å². The van der Waals surface area contributed by atoms with Gasteiger partial charge in [0.2, 0.25) is 0 Å². The minimum absolute atomic E-state index is 0.00425. The molecule has 32 aromatic rings. The van der Waals surface area contributed by atoms with Crippen molar-refractivity contribution in [2.75, 3.05) is 0 Å². The molecule has 8 heterocycles. The average Bonchev–Trinajstić information content (AvgIpc) is 1.55. The molecule has 33 rings (SSSR count). The summed E-state index contributed by atoms with van der Waals surface area (Å²) < 4.78 is 9.88. The average molecular weight is 1860 g/mol. The molecule has 682 valence electrons. The van der Waals surface area contributed by atoms with E-state index in [1.165, 1.54) is 301 Å². The molecular formula is C142H94N4. The summed E-state index contributed by atoms with van der Waals surface area (Å²) in [6, 6.07) is 181. The number of para-hydroxylation sites is 4. The minimum atomic E-state index is 0.00425. The van der Waals surface area contributed by atoms with Crippen LogP contribution in [0.25, 0.3) is 284 Å². The highest BCUT2D eigenvalue weighted by atomic mass is 14.9. The predicted molar refractivity (Wildman–Crippen MR) is 624 cm³/mol. The lowest BCUT2D eigenvalue weighted by Crippen LogP contribution is -2.14. The van der Waals surface area contributed by atoms with Crippen molar-refractivity contribution in [2.45, 2.75) is 39.0 Å². The zero-order valence-corrected chi connectivity index (χ0v) is 81.1. The molecule has 0 N–H and O–H groups in total.